The zero-order valence-electron chi connectivity index (χ0n) is 23.7. The van der Waals surface area contributed by atoms with Crippen LogP contribution >= 0.6 is 27.7 Å². The summed E-state index contributed by atoms with van der Waals surface area (Å²) in [6.45, 7) is 11.2. The van der Waals surface area contributed by atoms with Crippen molar-refractivity contribution in [2.24, 2.45) is 5.92 Å². The summed E-state index contributed by atoms with van der Waals surface area (Å²) < 4.78 is 20.1. The van der Waals surface area contributed by atoms with Crippen LogP contribution < -0.4 is 24.8 Å². The molecular formula is C29H36BrN5O4S. The number of benzene rings is 2. The molecule has 4 rings (SSSR count). The average molecular weight is 631 g/mol. The lowest BCUT2D eigenvalue weighted by Crippen LogP contribution is -2.31. The van der Waals surface area contributed by atoms with Crippen molar-refractivity contribution in [2.75, 3.05) is 36.7 Å². The van der Waals surface area contributed by atoms with E-state index in [1.807, 2.05) is 57.2 Å². The summed E-state index contributed by atoms with van der Waals surface area (Å²) in [6.07, 6.45) is 0.918. The molecule has 0 fully saturated rings. The minimum atomic E-state index is -0.580. The third-order valence-electron chi connectivity index (χ3n) is 6.30. The number of carbonyl (C=O) groups excluding carboxylic acids is 1. The molecule has 1 aliphatic heterocycles. The molecule has 2 aromatic carbocycles. The first-order valence-corrected chi connectivity index (χ1v) is 15.2. The molecule has 0 saturated carbocycles. The van der Waals surface area contributed by atoms with E-state index >= 15 is 0 Å². The van der Waals surface area contributed by atoms with Crippen molar-refractivity contribution in [3.8, 4) is 17.2 Å². The van der Waals surface area contributed by atoms with Gasteiger partial charge in [0.05, 0.1) is 36.1 Å². The Bertz CT molecular complexity index is 1390. The van der Waals surface area contributed by atoms with Gasteiger partial charge in [-0.2, -0.15) is 4.98 Å². The van der Waals surface area contributed by atoms with Gasteiger partial charge in [0.15, 0.2) is 11.5 Å². The minimum Gasteiger partial charge on any atom is -0.493 e. The molecule has 1 amide bonds. The second-order valence-electron chi connectivity index (χ2n) is 9.61. The number of hydrogen-bond acceptors (Lipinski definition) is 8. The summed E-state index contributed by atoms with van der Waals surface area (Å²) >= 11 is 5.23. The van der Waals surface area contributed by atoms with Gasteiger partial charge < -0.3 is 24.8 Å². The highest BCUT2D eigenvalue weighted by Gasteiger charge is 2.35. The number of ether oxygens (including phenoxy) is 3. The molecule has 2 N–H and O–H groups in total. The zero-order chi connectivity index (χ0) is 28.8. The molecule has 0 spiro atoms. The maximum absolute atomic E-state index is 14.0. The number of hydrogen-bond donors (Lipinski definition) is 2. The number of rotatable bonds is 12. The normalized spacial score (nSPS) is 14.6. The molecule has 1 aromatic heterocycles. The summed E-state index contributed by atoms with van der Waals surface area (Å²) in [4.78, 5) is 18.6. The first-order valence-electron chi connectivity index (χ1n) is 13.4. The number of allylic oxidation sites excluding steroid dienone is 1. The van der Waals surface area contributed by atoms with E-state index in [0.717, 1.165) is 22.2 Å². The maximum atomic E-state index is 14.0. The van der Waals surface area contributed by atoms with E-state index in [9.17, 15) is 4.79 Å². The Hall–Kier alpha value is -3.18. The molecule has 214 valence electrons. The number of amides is 1. The standard InChI is InChI=1S/C29H36BrN5O4S/c1-7-38-22-12-10-9-11-21(22)32-27(36)24-18(5)31-28-33-29(40-8-2)34-35(28)25(24)19-15-20(30)26(23(16-19)37-6)39-14-13-17(3)4/h9-12,15-17,25H,7-8,13-14H2,1-6H3,(H,32,36)(H,31,33,34). The summed E-state index contributed by atoms with van der Waals surface area (Å²) in [5.41, 5.74) is 2.56. The van der Waals surface area contributed by atoms with E-state index in [2.05, 4.69) is 45.4 Å². The Morgan fingerprint density at radius 1 is 1.20 bits per heavy atom. The fraction of sp³-hybridized carbons (Fsp3) is 0.414. The highest BCUT2D eigenvalue weighted by molar-refractivity contribution is 9.10. The van der Waals surface area contributed by atoms with Crippen LogP contribution in [0.15, 0.2) is 57.3 Å². The van der Waals surface area contributed by atoms with Gasteiger partial charge >= 0.3 is 0 Å². The quantitative estimate of drug-likeness (QED) is 0.208. The van der Waals surface area contributed by atoms with Crippen molar-refractivity contribution in [1.82, 2.24) is 14.8 Å². The van der Waals surface area contributed by atoms with Crippen molar-refractivity contribution in [1.29, 1.82) is 0 Å². The molecule has 1 aliphatic rings. The number of aromatic nitrogens is 3. The Morgan fingerprint density at radius 2 is 1.98 bits per heavy atom. The van der Waals surface area contributed by atoms with Crippen LogP contribution in [-0.2, 0) is 4.79 Å². The van der Waals surface area contributed by atoms with Crippen molar-refractivity contribution in [3.05, 3.63) is 57.7 Å². The van der Waals surface area contributed by atoms with Gasteiger partial charge in [0, 0.05) is 5.70 Å². The monoisotopic (exact) mass is 629 g/mol. The number of para-hydroxylation sites is 2. The number of halogens is 1. The Morgan fingerprint density at radius 3 is 2.67 bits per heavy atom. The molecule has 1 unspecified atom stereocenters. The predicted molar refractivity (Wildman–Crippen MR) is 163 cm³/mol. The number of nitrogens with one attached hydrogen (secondary N) is 2. The van der Waals surface area contributed by atoms with Gasteiger partial charge in [-0.15, -0.1) is 5.10 Å². The lowest BCUT2D eigenvalue weighted by molar-refractivity contribution is -0.113. The summed E-state index contributed by atoms with van der Waals surface area (Å²) in [6, 6.07) is 10.7. The number of methoxy groups -OCH3 is 1. The molecule has 3 aromatic rings. The van der Waals surface area contributed by atoms with Gasteiger partial charge in [-0.25, -0.2) is 4.68 Å². The highest BCUT2D eigenvalue weighted by Crippen LogP contribution is 2.43. The summed E-state index contributed by atoms with van der Waals surface area (Å²) in [5, 5.41) is 11.7. The Kier molecular flexibility index (Phi) is 10.0. The molecule has 2 heterocycles. The molecule has 0 saturated heterocycles. The minimum absolute atomic E-state index is 0.277. The number of carbonyl (C=O) groups is 1. The lowest BCUT2D eigenvalue weighted by atomic mass is 9.94. The second kappa shape index (κ2) is 13.5. The van der Waals surface area contributed by atoms with E-state index in [-0.39, 0.29) is 5.91 Å². The van der Waals surface area contributed by atoms with Crippen LogP contribution in [0.25, 0.3) is 0 Å². The number of anilines is 2. The predicted octanol–water partition coefficient (Wildman–Crippen LogP) is 6.91. The molecule has 9 nitrogen and oxygen atoms in total. The van der Waals surface area contributed by atoms with Crippen LogP contribution in [0.5, 0.6) is 17.2 Å². The second-order valence-corrected chi connectivity index (χ2v) is 11.7. The topological polar surface area (TPSA) is 99.5 Å². The Labute approximate surface area is 248 Å². The van der Waals surface area contributed by atoms with Crippen LogP contribution in [-0.4, -0.2) is 46.7 Å². The highest BCUT2D eigenvalue weighted by atomic mass is 79.9. The zero-order valence-corrected chi connectivity index (χ0v) is 26.1. The summed E-state index contributed by atoms with van der Waals surface area (Å²) in [5.74, 6) is 3.42. The third kappa shape index (κ3) is 6.58. The summed E-state index contributed by atoms with van der Waals surface area (Å²) in [7, 11) is 1.61. The fourth-order valence-electron chi connectivity index (χ4n) is 4.40. The first kappa shape index (κ1) is 29.8. The van der Waals surface area contributed by atoms with Gasteiger partial charge in [0.1, 0.15) is 11.8 Å². The van der Waals surface area contributed by atoms with Crippen molar-refractivity contribution in [2.45, 2.75) is 52.2 Å². The van der Waals surface area contributed by atoms with E-state index in [0.29, 0.717) is 64.4 Å². The van der Waals surface area contributed by atoms with E-state index in [4.69, 9.17) is 19.3 Å². The van der Waals surface area contributed by atoms with Crippen LogP contribution in [0.1, 0.15) is 52.6 Å². The van der Waals surface area contributed by atoms with Crippen molar-refractivity contribution >= 4 is 45.2 Å². The Balaban J connectivity index is 1.79. The van der Waals surface area contributed by atoms with E-state index in [1.165, 1.54) is 11.8 Å². The van der Waals surface area contributed by atoms with Crippen molar-refractivity contribution in [3.63, 3.8) is 0 Å². The molecule has 0 radical (unpaired) electrons. The largest absolute Gasteiger partial charge is 0.493 e. The van der Waals surface area contributed by atoms with Gasteiger partial charge in [-0.1, -0.05) is 44.7 Å². The van der Waals surface area contributed by atoms with E-state index < -0.39 is 6.04 Å². The van der Waals surface area contributed by atoms with Crippen LogP contribution in [0.4, 0.5) is 11.6 Å². The molecule has 0 bridgehead atoms. The molecule has 40 heavy (non-hydrogen) atoms. The number of nitrogens with zero attached hydrogens (tertiary/aromatic N) is 3. The number of fused-ring (bicyclic) bond motifs is 1. The smallest absolute Gasteiger partial charge is 0.255 e. The average Bonchev–Trinajstić information content (AvgIpc) is 3.31. The van der Waals surface area contributed by atoms with Gasteiger partial charge in [-0.3, -0.25) is 4.79 Å². The van der Waals surface area contributed by atoms with Gasteiger partial charge in [0.25, 0.3) is 5.91 Å². The molecule has 1 atom stereocenters. The van der Waals surface area contributed by atoms with Crippen LogP contribution in [0.2, 0.25) is 0 Å². The number of thioether (sulfide) groups is 1. The fourth-order valence-corrected chi connectivity index (χ4v) is 5.53. The van der Waals surface area contributed by atoms with Crippen LogP contribution in [0, 0.1) is 5.92 Å². The SMILES string of the molecule is CCOc1ccccc1NC(=O)C1=C(C)Nc2nc(SCC)nn2C1c1cc(Br)c(OCCC(C)C)c(OC)c1. The maximum Gasteiger partial charge on any atom is 0.255 e. The van der Waals surface area contributed by atoms with E-state index in [1.54, 1.807) is 11.8 Å². The third-order valence-corrected chi connectivity index (χ3v) is 7.60. The van der Waals surface area contributed by atoms with Crippen molar-refractivity contribution < 1.29 is 19.0 Å². The molecular weight excluding hydrogens is 594 g/mol. The van der Waals surface area contributed by atoms with Gasteiger partial charge in [0.2, 0.25) is 11.1 Å². The van der Waals surface area contributed by atoms with Gasteiger partial charge in [-0.05, 0) is 77.7 Å². The van der Waals surface area contributed by atoms with Crippen LogP contribution in [0.3, 0.4) is 0 Å². The first-order chi connectivity index (χ1) is 19.3. The molecule has 0 aliphatic carbocycles. The lowest BCUT2D eigenvalue weighted by Gasteiger charge is -2.29. The molecule has 11 heteroatoms.